The number of nitrogens with zero attached hydrogens (tertiary/aromatic N) is 3. The summed E-state index contributed by atoms with van der Waals surface area (Å²) >= 11 is 1.25. The van der Waals surface area contributed by atoms with Crippen LogP contribution in [0.5, 0.6) is 0 Å². The van der Waals surface area contributed by atoms with Gasteiger partial charge in [-0.15, -0.1) is 11.3 Å². The lowest BCUT2D eigenvalue weighted by Gasteiger charge is -2.27. The number of ether oxygens (including phenoxy) is 1. The molecule has 8 nitrogen and oxygen atoms in total. The fourth-order valence-electron chi connectivity index (χ4n) is 3.84. The molecule has 0 saturated carbocycles. The Kier molecular flexibility index (Phi) is 6.56. The van der Waals surface area contributed by atoms with Gasteiger partial charge in [0.25, 0.3) is 11.8 Å². The zero-order valence-corrected chi connectivity index (χ0v) is 19.7. The van der Waals surface area contributed by atoms with E-state index in [0.717, 1.165) is 4.90 Å². The van der Waals surface area contributed by atoms with Crippen LogP contribution in [0.3, 0.4) is 0 Å². The maximum atomic E-state index is 13.0. The molecule has 0 bridgehead atoms. The number of fused-ring (bicyclic) bond motifs is 1. The summed E-state index contributed by atoms with van der Waals surface area (Å²) in [5.74, 6) is -2.26. The van der Waals surface area contributed by atoms with Gasteiger partial charge in [-0.25, -0.2) is 9.78 Å². The van der Waals surface area contributed by atoms with Crippen molar-refractivity contribution in [2.45, 2.75) is 33.4 Å². The fourth-order valence-corrected chi connectivity index (χ4v) is 4.71. The van der Waals surface area contributed by atoms with Crippen LogP contribution >= 0.6 is 11.3 Å². The molecule has 0 fully saturated rings. The van der Waals surface area contributed by atoms with Gasteiger partial charge in [0.15, 0.2) is 5.13 Å². The van der Waals surface area contributed by atoms with Crippen molar-refractivity contribution in [1.82, 2.24) is 9.88 Å². The topological polar surface area (TPSA) is 96.9 Å². The molecule has 1 aromatic heterocycles. The lowest BCUT2D eigenvalue weighted by molar-refractivity contribution is -0.151. The Hall–Kier alpha value is -3.85. The number of carbonyl (C=O) groups excluding carboxylic acids is 4. The van der Waals surface area contributed by atoms with E-state index in [-0.39, 0.29) is 29.6 Å². The molecule has 9 heteroatoms. The lowest BCUT2D eigenvalue weighted by atomic mass is 10.0. The maximum Gasteiger partial charge on any atom is 0.330 e. The molecule has 3 amide bonds. The van der Waals surface area contributed by atoms with Crippen molar-refractivity contribution in [2.75, 3.05) is 4.90 Å². The number of imide groups is 1. The molecular formula is C25H23N3O5S. The van der Waals surface area contributed by atoms with E-state index in [1.54, 1.807) is 55.6 Å². The molecule has 0 unspecified atom stereocenters. The van der Waals surface area contributed by atoms with E-state index in [9.17, 15) is 19.2 Å². The van der Waals surface area contributed by atoms with E-state index in [2.05, 4.69) is 4.98 Å². The highest BCUT2D eigenvalue weighted by Gasteiger charge is 2.44. The zero-order chi connectivity index (χ0) is 24.4. The Morgan fingerprint density at radius 1 is 1.00 bits per heavy atom. The monoisotopic (exact) mass is 477 g/mol. The number of carbonyl (C=O) groups is 4. The average Bonchev–Trinajstić information content (AvgIpc) is 3.37. The Morgan fingerprint density at radius 3 is 2.15 bits per heavy atom. The normalized spacial score (nSPS) is 13.7. The van der Waals surface area contributed by atoms with Crippen molar-refractivity contribution in [2.24, 2.45) is 5.92 Å². The van der Waals surface area contributed by atoms with Crippen molar-refractivity contribution >= 4 is 45.8 Å². The van der Waals surface area contributed by atoms with Crippen molar-refractivity contribution < 1.29 is 23.9 Å². The third-order valence-electron chi connectivity index (χ3n) is 5.40. The average molecular weight is 478 g/mol. The summed E-state index contributed by atoms with van der Waals surface area (Å²) in [7, 11) is 0. The first-order chi connectivity index (χ1) is 16.3. The van der Waals surface area contributed by atoms with Crippen LogP contribution in [-0.2, 0) is 20.9 Å². The van der Waals surface area contributed by atoms with Crippen LogP contribution < -0.4 is 4.90 Å². The van der Waals surface area contributed by atoms with Crippen LogP contribution in [0.15, 0.2) is 60.0 Å². The molecule has 4 rings (SSSR count). The highest BCUT2D eigenvalue weighted by Crippen LogP contribution is 2.30. The number of thiazole rings is 1. The van der Waals surface area contributed by atoms with E-state index in [1.165, 1.54) is 23.2 Å². The number of hydrogen-bond donors (Lipinski definition) is 0. The summed E-state index contributed by atoms with van der Waals surface area (Å²) in [5, 5.41) is 2.15. The number of anilines is 2. The molecule has 0 spiro atoms. The zero-order valence-electron chi connectivity index (χ0n) is 18.9. The third-order valence-corrected chi connectivity index (χ3v) is 6.27. The summed E-state index contributed by atoms with van der Waals surface area (Å²) in [6, 6.07) is 14.5. The number of rotatable bonds is 7. The molecule has 174 valence electrons. The minimum absolute atomic E-state index is 0.151. The van der Waals surface area contributed by atoms with Gasteiger partial charge in [0.2, 0.25) is 5.91 Å². The molecule has 2 aromatic carbocycles. The Balaban J connectivity index is 1.49. The Morgan fingerprint density at radius 2 is 1.59 bits per heavy atom. The number of esters is 1. The molecule has 1 atom stereocenters. The number of benzene rings is 2. The van der Waals surface area contributed by atoms with Gasteiger partial charge in [-0.2, -0.15) is 0 Å². The van der Waals surface area contributed by atoms with E-state index < -0.39 is 23.8 Å². The second kappa shape index (κ2) is 9.56. The van der Waals surface area contributed by atoms with Gasteiger partial charge in [-0.1, -0.05) is 44.2 Å². The van der Waals surface area contributed by atoms with E-state index in [4.69, 9.17) is 4.74 Å². The first-order valence-corrected chi connectivity index (χ1v) is 11.6. The first-order valence-electron chi connectivity index (χ1n) is 10.7. The molecule has 1 aliphatic heterocycles. The molecule has 1 aliphatic rings. The molecule has 0 radical (unpaired) electrons. The smallest absolute Gasteiger partial charge is 0.330 e. The molecular weight excluding hydrogens is 454 g/mol. The molecule has 0 saturated heterocycles. The van der Waals surface area contributed by atoms with E-state index in [0.29, 0.717) is 16.5 Å². The number of hydrogen-bond acceptors (Lipinski definition) is 7. The van der Waals surface area contributed by atoms with E-state index >= 15 is 0 Å². The predicted octanol–water partition coefficient (Wildman–Crippen LogP) is 4.19. The van der Waals surface area contributed by atoms with Crippen LogP contribution in [-0.4, -0.2) is 39.6 Å². The maximum absolute atomic E-state index is 13.0. The van der Waals surface area contributed by atoms with Crippen LogP contribution in [0.4, 0.5) is 10.8 Å². The fraction of sp³-hybridized carbons (Fsp3) is 0.240. The molecule has 0 aliphatic carbocycles. The highest BCUT2D eigenvalue weighted by molar-refractivity contribution is 7.14. The van der Waals surface area contributed by atoms with Gasteiger partial charge in [0, 0.05) is 12.3 Å². The summed E-state index contributed by atoms with van der Waals surface area (Å²) < 4.78 is 5.47. The Bertz CT molecular complexity index is 1220. The molecule has 34 heavy (non-hydrogen) atoms. The van der Waals surface area contributed by atoms with Crippen molar-refractivity contribution in [3.63, 3.8) is 0 Å². The minimum Gasteiger partial charge on any atom is -0.458 e. The minimum atomic E-state index is -1.07. The van der Waals surface area contributed by atoms with Gasteiger partial charge in [-0.3, -0.25) is 24.2 Å². The lowest BCUT2D eigenvalue weighted by Crippen LogP contribution is -2.48. The molecule has 3 aromatic rings. The van der Waals surface area contributed by atoms with Gasteiger partial charge in [0.05, 0.1) is 22.5 Å². The van der Waals surface area contributed by atoms with Crippen LogP contribution in [0, 0.1) is 5.92 Å². The first kappa shape index (κ1) is 23.3. The van der Waals surface area contributed by atoms with Crippen molar-refractivity contribution in [3.05, 3.63) is 76.8 Å². The summed E-state index contributed by atoms with van der Waals surface area (Å²) in [6.45, 7) is 4.80. The van der Waals surface area contributed by atoms with Gasteiger partial charge in [0.1, 0.15) is 12.6 Å². The van der Waals surface area contributed by atoms with Gasteiger partial charge >= 0.3 is 5.97 Å². The van der Waals surface area contributed by atoms with Gasteiger partial charge in [-0.05, 0) is 30.2 Å². The van der Waals surface area contributed by atoms with E-state index in [1.807, 2.05) is 18.2 Å². The highest BCUT2D eigenvalue weighted by atomic mass is 32.1. The summed E-state index contributed by atoms with van der Waals surface area (Å²) in [4.78, 5) is 57.8. The molecule has 2 heterocycles. The summed E-state index contributed by atoms with van der Waals surface area (Å²) in [5.41, 5.74) is 1.69. The van der Waals surface area contributed by atoms with Crippen LogP contribution in [0.25, 0.3) is 0 Å². The Labute approximate surface area is 200 Å². The standard InChI is InChI=1S/C25H23N3O5S/c1-15(2)21(28-22(30)19-11-7-8-12-20(19)23(28)31)24(32)33-13-17-14-34-25(26-17)27(16(3)29)18-9-5-4-6-10-18/h4-12,14-15,21H,13H2,1-3H3/t21-/m0/s1. The predicted molar refractivity (Wildman–Crippen MR) is 127 cm³/mol. The van der Waals surface area contributed by atoms with Gasteiger partial charge < -0.3 is 4.74 Å². The third kappa shape index (κ3) is 4.34. The van der Waals surface area contributed by atoms with Crippen LogP contribution in [0.2, 0.25) is 0 Å². The quantitative estimate of drug-likeness (QED) is 0.374. The molecule has 0 N–H and O–H groups in total. The van der Waals surface area contributed by atoms with Crippen molar-refractivity contribution in [1.29, 1.82) is 0 Å². The number of aromatic nitrogens is 1. The summed E-state index contributed by atoms with van der Waals surface area (Å²) in [6.07, 6.45) is 0. The number of para-hydroxylation sites is 1. The van der Waals surface area contributed by atoms with Crippen molar-refractivity contribution in [3.8, 4) is 0 Å². The second-order valence-electron chi connectivity index (χ2n) is 8.13. The second-order valence-corrected chi connectivity index (χ2v) is 8.97. The SMILES string of the molecule is CC(=O)N(c1ccccc1)c1nc(COC(=O)[C@H](C(C)C)N2C(=O)c3ccccc3C2=O)cs1. The van der Waals surface area contributed by atoms with Crippen LogP contribution in [0.1, 0.15) is 47.2 Å². The number of amides is 3. The largest absolute Gasteiger partial charge is 0.458 e.